The molecule has 4 nitrogen and oxygen atoms in total. The molecular formula is C19H15BrClNO3. The maximum atomic E-state index is 12.4. The minimum absolute atomic E-state index is 0.138. The van der Waals surface area contributed by atoms with Crippen molar-refractivity contribution in [2.24, 2.45) is 0 Å². The molecule has 25 heavy (non-hydrogen) atoms. The van der Waals surface area contributed by atoms with Crippen molar-refractivity contribution < 1.29 is 14.3 Å². The van der Waals surface area contributed by atoms with Gasteiger partial charge in [-0.15, -0.1) is 0 Å². The first-order chi connectivity index (χ1) is 12.0. The number of rotatable bonds is 4. The lowest BCUT2D eigenvalue weighted by Crippen LogP contribution is -2.12. The number of aryl methyl sites for hydroxylation is 1. The molecule has 0 fully saturated rings. The third kappa shape index (κ3) is 3.95. The quantitative estimate of drug-likeness (QED) is 0.593. The second kappa shape index (κ2) is 7.44. The van der Waals surface area contributed by atoms with E-state index in [-0.39, 0.29) is 12.5 Å². The highest BCUT2D eigenvalue weighted by Crippen LogP contribution is 2.28. The lowest BCUT2D eigenvalue weighted by Gasteiger charge is -2.10. The highest BCUT2D eigenvalue weighted by molar-refractivity contribution is 9.10. The summed E-state index contributed by atoms with van der Waals surface area (Å²) in [6.07, 6.45) is 0. The number of halogens is 2. The summed E-state index contributed by atoms with van der Waals surface area (Å²) >= 11 is 9.43. The normalized spacial score (nSPS) is 10.7. The minimum atomic E-state index is -0.279. The molecule has 0 aliphatic heterocycles. The van der Waals surface area contributed by atoms with Gasteiger partial charge in [-0.25, -0.2) is 0 Å². The standard InChI is InChI=1S/C19H15BrClNO3/c1-11-8-13(3-5-15(11)18-7-4-14(10-23)25-18)22-19(24)16-9-12(20)2-6-17(16)21/h2-9,23H,10H2,1H3,(H,22,24). The number of nitrogens with one attached hydrogen (secondary N) is 1. The molecule has 0 saturated carbocycles. The van der Waals surface area contributed by atoms with E-state index in [1.54, 1.807) is 30.3 Å². The van der Waals surface area contributed by atoms with Crippen molar-refractivity contribution in [3.8, 4) is 11.3 Å². The highest BCUT2D eigenvalue weighted by Gasteiger charge is 2.13. The number of aliphatic hydroxyl groups is 1. The summed E-state index contributed by atoms with van der Waals surface area (Å²) in [4.78, 5) is 12.4. The van der Waals surface area contributed by atoms with E-state index in [0.29, 0.717) is 27.8 Å². The van der Waals surface area contributed by atoms with Crippen LogP contribution in [-0.2, 0) is 6.61 Å². The Morgan fingerprint density at radius 2 is 2.00 bits per heavy atom. The number of carbonyl (C=O) groups excluding carboxylic acids is 1. The zero-order chi connectivity index (χ0) is 18.0. The largest absolute Gasteiger partial charge is 0.459 e. The van der Waals surface area contributed by atoms with Crippen molar-refractivity contribution in [3.05, 3.63) is 74.9 Å². The van der Waals surface area contributed by atoms with E-state index in [1.165, 1.54) is 0 Å². The Hall–Kier alpha value is -2.08. The molecule has 0 aliphatic carbocycles. The number of carbonyl (C=O) groups is 1. The van der Waals surface area contributed by atoms with Crippen LogP contribution in [0, 0.1) is 6.92 Å². The second-order valence-corrected chi connectivity index (χ2v) is 6.85. The molecule has 2 N–H and O–H groups in total. The maximum absolute atomic E-state index is 12.4. The maximum Gasteiger partial charge on any atom is 0.257 e. The Morgan fingerprint density at radius 3 is 2.68 bits per heavy atom. The second-order valence-electron chi connectivity index (χ2n) is 5.53. The van der Waals surface area contributed by atoms with Crippen LogP contribution < -0.4 is 5.32 Å². The van der Waals surface area contributed by atoms with E-state index in [9.17, 15) is 4.79 Å². The summed E-state index contributed by atoms with van der Waals surface area (Å²) in [7, 11) is 0. The number of hydrogen-bond acceptors (Lipinski definition) is 3. The van der Waals surface area contributed by atoms with Crippen LogP contribution in [0.3, 0.4) is 0 Å². The SMILES string of the molecule is Cc1cc(NC(=O)c2cc(Br)ccc2Cl)ccc1-c1ccc(CO)o1. The summed E-state index contributed by atoms with van der Waals surface area (Å²) in [5, 5.41) is 12.3. The number of hydrogen-bond donors (Lipinski definition) is 2. The molecule has 0 aliphatic rings. The number of anilines is 1. The monoisotopic (exact) mass is 419 g/mol. The smallest absolute Gasteiger partial charge is 0.257 e. The van der Waals surface area contributed by atoms with Crippen LogP contribution in [-0.4, -0.2) is 11.0 Å². The lowest BCUT2D eigenvalue weighted by molar-refractivity contribution is 0.102. The van der Waals surface area contributed by atoms with Gasteiger partial charge >= 0.3 is 0 Å². The van der Waals surface area contributed by atoms with Crippen molar-refractivity contribution in [3.63, 3.8) is 0 Å². The van der Waals surface area contributed by atoms with Gasteiger partial charge in [-0.2, -0.15) is 0 Å². The number of amides is 1. The Labute approximate surface area is 158 Å². The Morgan fingerprint density at radius 1 is 1.20 bits per heavy atom. The van der Waals surface area contributed by atoms with Crippen molar-refractivity contribution in [2.75, 3.05) is 5.32 Å². The van der Waals surface area contributed by atoms with Gasteiger partial charge in [0.1, 0.15) is 18.1 Å². The number of aliphatic hydroxyl groups excluding tert-OH is 1. The molecule has 0 saturated heterocycles. The Kier molecular flexibility index (Phi) is 5.27. The number of furan rings is 1. The van der Waals surface area contributed by atoms with Gasteiger partial charge in [0.25, 0.3) is 5.91 Å². The van der Waals surface area contributed by atoms with Gasteiger partial charge in [-0.3, -0.25) is 4.79 Å². The first kappa shape index (κ1) is 17.7. The van der Waals surface area contributed by atoms with Gasteiger partial charge in [-0.1, -0.05) is 27.5 Å². The van der Waals surface area contributed by atoms with Crippen molar-refractivity contribution in [1.29, 1.82) is 0 Å². The van der Waals surface area contributed by atoms with Crippen molar-refractivity contribution in [2.45, 2.75) is 13.5 Å². The van der Waals surface area contributed by atoms with E-state index >= 15 is 0 Å². The van der Waals surface area contributed by atoms with Crippen LogP contribution in [0.25, 0.3) is 11.3 Å². The molecule has 1 aromatic heterocycles. The molecular weight excluding hydrogens is 406 g/mol. The molecule has 1 heterocycles. The molecule has 2 aromatic carbocycles. The van der Waals surface area contributed by atoms with Crippen LogP contribution in [0.4, 0.5) is 5.69 Å². The first-order valence-electron chi connectivity index (χ1n) is 7.55. The van der Waals surface area contributed by atoms with Crippen LogP contribution in [0.2, 0.25) is 5.02 Å². The van der Waals surface area contributed by atoms with E-state index in [4.69, 9.17) is 21.1 Å². The number of benzene rings is 2. The van der Waals surface area contributed by atoms with Crippen LogP contribution in [0.5, 0.6) is 0 Å². The van der Waals surface area contributed by atoms with Gasteiger partial charge < -0.3 is 14.8 Å². The molecule has 6 heteroatoms. The van der Waals surface area contributed by atoms with E-state index in [0.717, 1.165) is 15.6 Å². The molecule has 0 spiro atoms. The fourth-order valence-electron chi connectivity index (χ4n) is 2.50. The Bertz CT molecular complexity index is 936. The van der Waals surface area contributed by atoms with Crippen LogP contribution >= 0.6 is 27.5 Å². The van der Waals surface area contributed by atoms with E-state index in [2.05, 4.69) is 21.2 Å². The first-order valence-corrected chi connectivity index (χ1v) is 8.72. The fraction of sp³-hybridized carbons (Fsp3) is 0.105. The molecule has 3 aromatic rings. The van der Waals surface area contributed by atoms with Gasteiger partial charge in [0.15, 0.2) is 0 Å². The van der Waals surface area contributed by atoms with Crippen molar-refractivity contribution in [1.82, 2.24) is 0 Å². The molecule has 0 bridgehead atoms. The molecule has 0 radical (unpaired) electrons. The summed E-state index contributed by atoms with van der Waals surface area (Å²) in [6, 6.07) is 14.2. The third-order valence-corrected chi connectivity index (χ3v) is 4.56. The van der Waals surface area contributed by atoms with Gasteiger partial charge in [0.2, 0.25) is 0 Å². The van der Waals surface area contributed by atoms with Gasteiger partial charge in [-0.05, 0) is 61.0 Å². The zero-order valence-corrected chi connectivity index (χ0v) is 15.7. The van der Waals surface area contributed by atoms with Gasteiger partial charge in [0, 0.05) is 15.7 Å². The van der Waals surface area contributed by atoms with Gasteiger partial charge in [0.05, 0.1) is 10.6 Å². The summed E-state index contributed by atoms with van der Waals surface area (Å²) in [5.41, 5.74) is 2.91. The summed E-state index contributed by atoms with van der Waals surface area (Å²) in [6.45, 7) is 1.79. The van der Waals surface area contributed by atoms with E-state index < -0.39 is 0 Å². The molecule has 0 atom stereocenters. The zero-order valence-electron chi connectivity index (χ0n) is 13.3. The van der Waals surface area contributed by atoms with Crippen LogP contribution in [0.15, 0.2) is 57.4 Å². The highest BCUT2D eigenvalue weighted by atomic mass is 79.9. The Balaban J connectivity index is 1.83. The molecule has 128 valence electrons. The fourth-order valence-corrected chi connectivity index (χ4v) is 3.06. The van der Waals surface area contributed by atoms with Crippen LogP contribution in [0.1, 0.15) is 21.7 Å². The molecule has 3 rings (SSSR count). The summed E-state index contributed by atoms with van der Waals surface area (Å²) < 4.78 is 6.34. The topological polar surface area (TPSA) is 62.5 Å². The average Bonchev–Trinajstić information content (AvgIpc) is 3.06. The lowest BCUT2D eigenvalue weighted by atomic mass is 10.1. The predicted octanol–water partition coefficient (Wildman–Crippen LogP) is 5.42. The van der Waals surface area contributed by atoms with E-state index in [1.807, 2.05) is 25.1 Å². The van der Waals surface area contributed by atoms with Crippen molar-refractivity contribution >= 4 is 39.1 Å². The average molecular weight is 421 g/mol. The molecule has 0 unspecified atom stereocenters. The third-order valence-electron chi connectivity index (χ3n) is 3.74. The minimum Gasteiger partial charge on any atom is -0.459 e. The predicted molar refractivity (Wildman–Crippen MR) is 102 cm³/mol. The molecule has 1 amide bonds. The summed E-state index contributed by atoms with van der Waals surface area (Å²) in [5.74, 6) is 0.907.